The van der Waals surface area contributed by atoms with Crippen molar-refractivity contribution in [2.75, 3.05) is 46.4 Å². The van der Waals surface area contributed by atoms with Crippen molar-refractivity contribution in [2.45, 2.75) is 19.4 Å². The van der Waals surface area contributed by atoms with Gasteiger partial charge in [0.1, 0.15) is 0 Å². The molecule has 0 aliphatic carbocycles. The minimum atomic E-state index is -0.739. The Hall–Kier alpha value is -0.650. The summed E-state index contributed by atoms with van der Waals surface area (Å²) in [5, 5.41) is 8.70. The van der Waals surface area contributed by atoms with Gasteiger partial charge in [0.15, 0.2) is 0 Å². The van der Waals surface area contributed by atoms with E-state index in [9.17, 15) is 4.79 Å². The fourth-order valence-electron chi connectivity index (χ4n) is 2.15. The number of piperazine rings is 1. The first-order chi connectivity index (χ1) is 7.67. The van der Waals surface area contributed by atoms with E-state index >= 15 is 0 Å². The van der Waals surface area contributed by atoms with Gasteiger partial charge in [0.25, 0.3) is 0 Å². The summed E-state index contributed by atoms with van der Waals surface area (Å²) < 4.78 is 5.19. The van der Waals surface area contributed by atoms with E-state index in [4.69, 9.17) is 9.84 Å². The van der Waals surface area contributed by atoms with Gasteiger partial charge < -0.3 is 9.84 Å². The molecule has 1 fully saturated rings. The zero-order valence-electron chi connectivity index (χ0n) is 10.2. The van der Waals surface area contributed by atoms with Crippen LogP contribution in [0.3, 0.4) is 0 Å². The Balaban J connectivity index is 2.32. The number of rotatable bonds is 6. The Morgan fingerprint density at radius 3 is 2.44 bits per heavy atom. The molecule has 0 aromatic heterocycles. The van der Waals surface area contributed by atoms with E-state index in [0.29, 0.717) is 6.04 Å². The number of carbonyl (C=O) groups is 1. The van der Waals surface area contributed by atoms with Crippen molar-refractivity contribution in [3.63, 3.8) is 0 Å². The van der Waals surface area contributed by atoms with Crippen LogP contribution in [0.5, 0.6) is 0 Å². The molecule has 0 aromatic rings. The molecule has 0 bridgehead atoms. The highest BCUT2D eigenvalue weighted by molar-refractivity contribution is 5.69. The van der Waals surface area contributed by atoms with Gasteiger partial charge in [-0.3, -0.25) is 14.6 Å². The molecule has 1 unspecified atom stereocenters. The van der Waals surface area contributed by atoms with Crippen LogP contribution in [-0.2, 0) is 9.53 Å². The Bertz CT molecular complexity index is 215. The predicted molar refractivity (Wildman–Crippen MR) is 61.6 cm³/mol. The van der Waals surface area contributed by atoms with Crippen molar-refractivity contribution in [3.8, 4) is 0 Å². The zero-order chi connectivity index (χ0) is 12.0. The average Bonchev–Trinajstić information content (AvgIpc) is 2.26. The van der Waals surface area contributed by atoms with Gasteiger partial charge in [0.05, 0.1) is 13.2 Å². The van der Waals surface area contributed by atoms with Crippen LogP contribution in [0.25, 0.3) is 0 Å². The minimum absolute atomic E-state index is 0.162. The number of aliphatic carboxylic acids is 1. The number of methoxy groups -OCH3 is 1. The molecule has 0 spiro atoms. The molecule has 5 heteroatoms. The number of nitrogens with zero attached hydrogens (tertiary/aromatic N) is 2. The van der Waals surface area contributed by atoms with Crippen molar-refractivity contribution < 1.29 is 14.6 Å². The Labute approximate surface area is 97.0 Å². The maximum atomic E-state index is 10.6. The molecule has 1 aliphatic rings. The summed E-state index contributed by atoms with van der Waals surface area (Å²) in [7, 11) is 1.73. The average molecular weight is 230 g/mol. The smallest absolute Gasteiger partial charge is 0.317 e. The third kappa shape index (κ3) is 4.08. The fraction of sp³-hybridized carbons (Fsp3) is 0.909. The molecule has 16 heavy (non-hydrogen) atoms. The standard InChI is InChI=1S/C11H22N2O3/c1-3-10(9-16-2)13-6-4-12(5-7-13)8-11(14)15/h10H,3-9H2,1-2H3,(H,14,15). The second-order valence-corrected chi connectivity index (χ2v) is 4.22. The number of hydrogen-bond donors (Lipinski definition) is 1. The molecule has 0 radical (unpaired) electrons. The maximum Gasteiger partial charge on any atom is 0.317 e. The highest BCUT2D eigenvalue weighted by Crippen LogP contribution is 2.09. The molecule has 1 N–H and O–H groups in total. The normalized spacial score (nSPS) is 20.9. The molecule has 5 nitrogen and oxygen atoms in total. The van der Waals surface area contributed by atoms with Crippen LogP contribution >= 0.6 is 0 Å². The first kappa shape index (κ1) is 13.4. The Morgan fingerprint density at radius 2 is 2.00 bits per heavy atom. The summed E-state index contributed by atoms with van der Waals surface area (Å²) in [5.41, 5.74) is 0. The molecule has 1 aliphatic heterocycles. The SMILES string of the molecule is CCC(COC)N1CCN(CC(=O)O)CC1. The van der Waals surface area contributed by atoms with Gasteiger partial charge in [0, 0.05) is 39.3 Å². The topological polar surface area (TPSA) is 53.0 Å². The molecular formula is C11H22N2O3. The van der Waals surface area contributed by atoms with Gasteiger partial charge >= 0.3 is 5.97 Å². The summed E-state index contributed by atoms with van der Waals surface area (Å²) in [4.78, 5) is 14.9. The molecular weight excluding hydrogens is 208 g/mol. The molecule has 1 rings (SSSR count). The molecule has 0 aromatic carbocycles. The van der Waals surface area contributed by atoms with Crippen molar-refractivity contribution in [3.05, 3.63) is 0 Å². The van der Waals surface area contributed by atoms with Crippen LogP contribution in [0.15, 0.2) is 0 Å². The molecule has 1 atom stereocenters. The summed E-state index contributed by atoms with van der Waals surface area (Å²) in [6.07, 6.45) is 1.08. The predicted octanol–water partition coefficient (Wildman–Crippen LogP) is 0.114. The summed E-state index contributed by atoms with van der Waals surface area (Å²) in [6, 6.07) is 0.469. The monoisotopic (exact) mass is 230 g/mol. The van der Waals surface area contributed by atoms with Crippen LogP contribution in [0.4, 0.5) is 0 Å². The molecule has 0 saturated carbocycles. The number of hydrogen-bond acceptors (Lipinski definition) is 4. The van der Waals surface area contributed by atoms with Crippen molar-refractivity contribution >= 4 is 5.97 Å². The third-order valence-electron chi connectivity index (χ3n) is 3.11. The Kier molecular flexibility index (Phi) is 5.73. The second-order valence-electron chi connectivity index (χ2n) is 4.22. The van der Waals surface area contributed by atoms with E-state index in [0.717, 1.165) is 39.2 Å². The van der Waals surface area contributed by atoms with E-state index in [-0.39, 0.29) is 6.54 Å². The maximum absolute atomic E-state index is 10.6. The van der Waals surface area contributed by atoms with E-state index < -0.39 is 5.97 Å². The van der Waals surface area contributed by atoms with Crippen molar-refractivity contribution in [2.24, 2.45) is 0 Å². The summed E-state index contributed by atoms with van der Waals surface area (Å²) in [5.74, 6) is -0.739. The van der Waals surface area contributed by atoms with Gasteiger partial charge in [0.2, 0.25) is 0 Å². The van der Waals surface area contributed by atoms with Gasteiger partial charge in [-0.15, -0.1) is 0 Å². The molecule has 1 saturated heterocycles. The number of carboxylic acids is 1. The number of ether oxygens (including phenoxy) is 1. The Morgan fingerprint density at radius 1 is 1.38 bits per heavy atom. The van der Waals surface area contributed by atoms with E-state index in [1.807, 2.05) is 4.90 Å². The van der Waals surface area contributed by atoms with Crippen molar-refractivity contribution in [1.82, 2.24) is 9.80 Å². The van der Waals surface area contributed by atoms with Crippen LogP contribution in [0.2, 0.25) is 0 Å². The second kappa shape index (κ2) is 6.83. The number of carboxylic acid groups (broad SMARTS) is 1. The lowest BCUT2D eigenvalue weighted by Crippen LogP contribution is -2.52. The van der Waals surface area contributed by atoms with Gasteiger partial charge in [-0.2, -0.15) is 0 Å². The molecule has 0 amide bonds. The zero-order valence-corrected chi connectivity index (χ0v) is 10.2. The lowest BCUT2D eigenvalue weighted by atomic mass is 10.1. The van der Waals surface area contributed by atoms with Crippen molar-refractivity contribution in [1.29, 1.82) is 0 Å². The summed E-state index contributed by atoms with van der Waals surface area (Å²) in [6.45, 7) is 6.64. The van der Waals surface area contributed by atoms with Crippen LogP contribution < -0.4 is 0 Å². The lowest BCUT2D eigenvalue weighted by Gasteiger charge is -2.38. The first-order valence-electron chi connectivity index (χ1n) is 5.84. The minimum Gasteiger partial charge on any atom is -0.480 e. The van der Waals surface area contributed by atoms with E-state index in [2.05, 4.69) is 11.8 Å². The van der Waals surface area contributed by atoms with Crippen LogP contribution in [0, 0.1) is 0 Å². The van der Waals surface area contributed by atoms with E-state index in [1.165, 1.54) is 0 Å². The van der Waals surface area contributed by atoms with Gasteiger partial charge in [-0.05, 0) is 6.42 Å². The lowest BCUT2D eigenvalue weighted by molar-refractivity contribution is -0.138. The summed E-state index contributed by atoms with van der Waals surface area (Å²) >= 11 is 0. The quantitative estimate of drug-likeness (QED) is 0.702. The highest BCUT2D eigenvalue weighted by Gasteiger charge is 2.23. The first-order valence-corrected chi connectivity index (χ1v) is 5.84. The molecule has 1 heterocycles. The van der Waals surface area contributed by atoms with Crippen LogP contribution in [0.1, 0.15) is 13.3 Å². The van der Waals surface area contributed by atoms with Gasteiger partial charge in [-0.25, -0.2) is 0 Å². The van der Waals surface area contributed by atoms with Gasteiger partial charge in [-0.1, -0.05) is 6.92 Å². The van der Waals surface area contributed by atoms with E-state index in [1.54, 1.807) is 7.11 Å². The largest absolute Gasteiger partial charge is 0.480 e. The highest BCUT2D eigenvalue weighted by atomic mass is 16.5. The molecule has 94 valence electrons. The third-order valence-corrected chi connectivity index (χ3v) is 3.11. The fourth-order valence-corrected chi connectivity index (χ4v) is 2.15. The van der Waals surface area contributed by atoms with Crippen LogP contribution in [-0.4, -0.2) is 73.4 Å².